The Morgan fingerprint density at radius 1 is 0.339 bits per heavy atom. The predicted octanol–water partition coefficient (Wildman–Crippen LogP) is 16.8. The van der Waals surface area contributed by atoms with Crippen LogP contribution in [0.3, 0.4) is 0 Å². The van der Waals surface area contributed by atoms with Crippen molar-refractivity contribution in [3.8, 4) is 0 Å². The summed E-state index contributed by atoms with van der Waals surface area (Å²) in [6, 6.07) is 0. The summed E-state index contributed by atoms with van der Waals surface area (Å²) in [6.45, 7) is 6.48. The van der Waals surface area contributed by atoms with Gasteiger partial charge in [-0.1, -0.05) is 196 Å². The minimum Gasteiger partial charge on any atom is -0.462 e. The summed E-state index contributed by atoms with van der Waals surface area (Å²) in [7, 11) is 0. The summed E-state index contributed by atoms with van der Waals surface area (Å²) in [5.41, 5.74) is 0. The van der Waals surface area contributed by atoms with Gasteiger partial charge < -0.3 is 14.2 Å². The van der Waals surface area contributed by atoms with Gasteiger partial charge in [-0.25, -0.2) is 0 Å². The Balaban J connectivity index is 4.47. The third-order valence-electron chi connectivity index (χ3n) is 10.6. The molecule has 0 bridgehead atoms. The fourth-order valence-electron chi connectivity index (χ4n) is 6.72. The number of carbonyl (C=O) groups is 3. The lowest BCUT2D eigenvalue weighted by molar-refractivity contribution is -0.167. The van der Waals surface area contributed by atoms with E-state index in [9.17, 15) is 14.4 Å². The van der Waals surface area contributed by atoms with Gasteiger partial charge in [0, 0.05) is 19.3 Å². The van der Waals surface area contributed by atoms with Crippen molar-refractivity contribution < 1.29 is 28.6 Å². The normalized spacial score (nSPS) is 12.8. The molecule has 0 heterocycles. The molecule has 0 radical (unpaired) electrons. The molecule has 0 aromatic rings. The zero-order valence-corrected chi connectivity index (χ0v) is 40.4. The molecule has 0 rings (SSSR count). The Morgan fingerprint density at radius 3 is 1.13 bits per heavy atom. The van der Waals surface area contributed by atoms with E-state index in [0.717, 1.165) is 77.0 Å². The Morgan fingerprint density at radius 2 is 0.645 bits per heavy atom. The zero-order valence-electron chi connectivity index (χ0n) is 40.4. The number of carbonyl (C=O) groups excluding carboxylic acids is 3. The fraction of sp³-hybridized carbons (Fsp3) is 0.696. The number of hydrogen-bond donors (Lipinski definition) is 0. The van der Waals surface area contributed by atoms with E-state index in [-0.39, 0.29) is 37.5 Å². The van der Waals surface area contributed by atoms with Crippen LogP contribution in [-0.4, -0.2) is 37.2 Å². The third-order valence-corrected chi connectivity index (χ3v) is 10.6. The van der Waals surface area contributed by atoms with Crippen LogP contribution >= 0.6 is 0 Å². The zero-order chi connectivity index (χ0) is 45.1. The molecule has 0 aromatic carbocycles. The van der Waals surface area contributed by atoms with Crippen LogP contribution in [0, 0.1) is 0 Å². The molecule has 0 saturated carbocycles. The molecule has 0 fully saturated rings. The van der Waals surface area contributed by atoms with Crippen molar-refractivity contribution >= 4 is 17.9 Å². The van der Waals surface area contributed by atoms with E-state index in [4.69, 9.17) is 14.2 Å². The molecular formula is C56H94O6. The monoisotopic (exact) mass is 863 g/mol. The van der Waals surface area contributed by atoms with Gasteiger partial charge >= 0.3 is 17.9 Å². The Bertz CT molecular complexity index is 1220. The predicted molar refractivity (Wildman–Crippen MR) is 265 cm³/mol. The summed E-state index contributed by atoms with van der Waals surface area (Å²) < 4.78 is 16.7. The van der Waals surface area contributed by atoms with Gasteiger partial charge in [-0.3, -0.25) is 14.4 Å². The first-order valence-corrected chi connectivity index (χ1v) is 25.6. The number of unbranched alkanes of at least 4 members (excludes halogenated alkanes) is 21. The number of hydrogen-bond acceptors (Lipinski definition) is 6. The van der Waals surface area contributed by atoms with Gasteiger partial charge in [0.25, 0.3) is 0 Å². The Labute approximate surface area is 382 Å². The molecule has 0 aliphatic rings. The van der Waals surface area contributed by atoms with Gasteiger partial charge in [-0.15, -0.1) is 0 Å². The minimum absolute atomic E-state index is 0.115. The molecule has 1 atom stereocenters. The van der Waals surface area contributed by atoms with Gasteiger partial charge in [-0.2, -0.15) is 0 Å². The van der Waals surface area contributed by atoms with E-state index in [1.807, 2.05) is 0 Å². The third kappa shape index (κ3) is 47.6. The SMILES string of the molecule is CCCCC/C=C\C/C=C\C/C=C\C/C=C\CCCC(=O)OC(COC(=O)CCC/C=C\CCCCCC)COC(=O)CCCCCCC/C=C\C=C/CCCCCCCCC. The summed E-state index contributed by atoms with van der Waals surface area (Å²) in [5, 5.41) is 0. The molecule has 0 aliphatic heterocycles. The van der Waals surface area contributed by atoms with E-state index in [1.165, 1.54) is 103 Å². The van der Waals surface area contributed by atoms with Gasteiger partial charge in [0.1, 0.15) is 13.2 Å². The number of ether oxygens (including phenoxy) is 3. The molecule has 0 amide bonds. The molecule has 1 unspecified atom stereocenters. The second-order valence-electron chi connectivity index (χ2n) is 16.7. The maximum absolute atomic E-state index is 12.7. The highest BCUT2D eigenvalue weighted by Gasteiger charge is 2.19. The molecule has 0 N–H and O–H groups in total. The highest BCUT2D eigenvalue weighted by molar-refractivity contribution is 5.71. The van der Waals surface area contributed by atoms with E-state index in [1.54, 1.807) is 0 Å². The molecule has 0 saturated heterocycles. The molecule has 62 heavy (non-hydrogen) atoms. The smallest absolute Gasteiger partial charge is 0.306 e. The Kier molecular flexibility index (Phi) is 47.5. The van der Waals surface area contributed by atoms with E-state index in [0.29, 0.717) is 25.7 Å². The number of esters is 3. The van der Waals surface area contributed by atoms with Crippen molar-refractivity contribution in [3.05, 3.63) is 85.1 Å². The maximum atomic E-state index is 12.7. The molecule has 0 aliphatic carbocycles. The van der Waals surface area contributed by atoms with Crippen LogP contribution in [-0.2, 0) is 28.6 Å². The van der Waals surface area contributed by atoms with Crippen molar-refractivity contribution in [3.63, 3.8) is 0 Å². The van der Waals surface area contributed by atoms with Crippen molar-refractivity contribution in [2.45, 2.75) is 239 Å². The van der Waals surface area contributed by atoms with Crippen molar-refractivity contribution in [2.24, 2.45) is 0 Å². The summed E-state index contributed by atoms with van der Waals surface area (Å²) in [5.74, 6) is -1.03. The largest absolute Gasteiger partial charge is 0.462 e. The van der Waals surface area contributed by atoms with E-state index >= 15 is 0 Å². The average molecular weight is 863 g/mol. The maximum Gasteiger partial charge on any atom is 0.306 e. The Hall–Kier alpha value is -3.41. The highest BCUT2D eigenvalue weighted by Crippen LogP contribution is 2.12. The molecule has 0 aromatic heterocycles. The second-order valence-corrected chi connectivity index (χ2v) is 16.7. The highest BCUT2D eigenvalue weighted by atomic mass is 16.6. The summed E-state index contributed by atoms with van der Waals surface area (Å²) >= 11 is 0. The first kappa shape index (κ1) is 58.6. The van der Waals surface area contributed by atoms with Crippen molar-refractivity contribution in [1.82, 2.24) is 0 Å². The molecule has 354 valence electrons. The quantitative estimate of drug-likeness (QED) is 0.0199. The minimum atomic E-state index is -0.821. The van der Waals surface area contributed by atoms with Crippen LogP contribution in [0.2, 0.25) is 0 Å². The molecule has 0 spiro atoms. The van der Waals surface area contributed by atoms with Crippen LogP contribution in [0.4, 0.5) is 0 Å². The van der Waals surface area contributed by atoms with E-state index < -0.39 is 6.10 Å². The molecule has 6 heteroatoms. The van der Waals surface area contributed by atoms with Crippen LogP contribution in [0.25, 0.3) is 0 Å². The van der Waals surface area contributed by atoms with Gasteiger partial charge in [0.15, 0.2) is 6.10 Å². The van der Waals surface area contributed by atoms with Crippen molar-refractivity contribution in [2.75, 3.05) is 13.2 Å². The average Bonchev–Trinajstić information content (AvgIpc) is 3.27. The first-order chi connectivity index (χ1) is 30.5. The van der Waals surface area contributed by atoms with Gasteiger partial charge in [0.2, 0.25) is 0 Å². The molecule has 6 nitrogen and oxygen atoms in total. The topological polar surface area (TPSA) is 78.9 Å². The summed E-state index contributed by atoms with van der Waals surface area (Å²) in [4.78, 5) is 37.8. The second kappa shape index (κ2) is 50.2. The summed E-state index contributed by atoms with van der Waals surface area (Å²) in [6.07, 6.45) is 64.4. The van der Waals surface area contributed by atoms with Crippen molar-refractivity contribution in [1.29, 1.82) is 0 Å². The number of allylic oxidation sites excluding steroid dienone is 14. The van der Waals surface area contributed by atoms with Crippen LogP contribution in [0.1, 0.15) is 233 Å². The first-order valence-electron chi connectivity index (χ1n) is 25.6. The van der Waals surface area contributed by atoms with E-state index in [2.05, 4.69) is 106 Å². The lowest BCUT2D eigenvalue weighted by Crippen LogP contribution is -2.30. The van der Waals surface area contributed by atoms with Crippen LogP contribution in [0.5, 0.6) is 0 Å². The lowest BCUT2D eigenvalue weighted by Gasteiger charge is -2.18. The van der Waals surface area contributed by atoms with Crippen LogP contribution in [0.15, 0.2) is 85.1 Å². The standard InChI is InChI=1S/C56H94O6/c1-4-7-10-13-16-19-21-23-25-27-29-30-32-34-37-40-43-46-49-55(58)61-52-53(51-60-54(57)48-45-42-39-36-18-15-12-9-6-3)62-56(59)50-47-44-41-38-35-33-31-28-26-24-22-20-17-14-11-8-5-2/h17,20,24-27,29-31,33,36,38-39,41,53H,4-16,18-19,21-23,28,32,34-35,37,40,42-52H2,1-3H3/b20-17-,26-24-,27-25-,30-29-,33-31-,39-36-,41-38-. The fourth-order valence-corrected chi connectivity index (χ4v) is 6.72. The number of rotatable bonds is 45. The lowest BCUT2D eigenvalue weighted by atomic mass is 10.1. The van der Waals surface area contributed by atoms with Gasteiger partial charge in [0.05, 0.1) is 0 Å². The molecular weight excluding hydrogens is 769 g/mol. The van der Waals surface area contributed by atoms with Crippen LogP contribution < -0.4 is 0 Å². The van der Waals surface area contributed by atoms with Gasteiger partial charge in [-0.05, 0) is 103 Å².